The first-order chi connectivity index (χ1) is 19.6. The number of benzene rings is 4. The highest BCUT2D eigenvalue weighted by molar-refractivity contribution is 6.15. The number of amides is 1. The number of nitrogens with two attached hydrogens (primary N) is 1. The van der Waals surface area contributed by atoms with Crippen LogP contribution in [0.5, 0.6) is 5.88 Å². The number of carbonyl (C=O) groups excluding carboxylic acids is 1. The molecule has 0 saturated carbocycles. The van der Waals surface area contributed by atoms with Gasteiger partial charge in [0.2, 0.25) is 17.7 Å². The molecular weight excluding hydrogens is 498 g/mol. The third kappa shape index (κ3) is 3.23. The van der Waals surface area contributed by atoms with E-state index in [1.807, 2.05) is 115 Å². The highest BCUT2D eigenvalue weighted by atomic mass is 16.5. The summed E-state index contributed by atoms with van der Waals surface area (Å²) >= 11 is 0. The molecule has 1 amide bonds. The van der Waals surface area contributed by atoms with E-state index < -0.39 is 5.41 Å². The van der Waals surface area contributed by atoms with E-state index in [9.17, 15) is 10.1 Å². The smallest absolute Gasteiger partial charge is 0.248 e. The summed E-state index contributed by atoms with van der Waals surface area (Å²) in [5, 5.41) is 15.6. The lowest BCUT2D eigenvalue weighted by Gasteiger charge is -2.33. The summed E-state index contributed by atoms with van der Waals surface area (Å²) in [7, 11) is 0. The normalized spacial score (nSPS) is 17.4. The van der Waals surface area contributed by atoms with Gasteiger partial charge in [0.25, 0.3) is 0 Å². The molecule has 7 nitrogen and oxygen atoms in total. The van der Waals surface area contributed by atoms with Crippen molar-refractivity contribution in [2.75, 3.05) is 4.90 Å². The van der Waals surface area contributed by atoms with Crippen molar-refractivity contribution in [3.63, 3.8) is 0 Å². The molecule has 7 heteroatoms. The molecule has 5 aromatic rings. The van der Waals surface area contributed by atoms with Crippen LogP contribution in [0.2, 0.25) is 0 Å². The van der Waals surface area contributed by atoms with Gasteiger partial charge in [0.05, 0.1) is 17.8 Å². The fraction of sp³-hybridized carbons (Fsp3) is 0.0606. The highest BCUT2D eigenvalue weighted by Crippen LogP contribution is 2.58. The minimum atomic E-state index is -1.55. The van der Waals surface area contributed by atoms with Crippen LogP contribution in [0.3, 0.4) is 0 Å². The second kappa shape index (κ2) is 9.00. The Kier molecular flexibility index (Phi) is 5.29. The average Bonchev–Trinajstić information content (AvgIpc) is 3.49. The predicted molar refractivity (Wildman–Crippen MR) is 151 cm³/mol. The van der Waals surface area contributed by atoms with Gasteiger partial charge in [0.1, 0.15) is 22.8 Å². The summed E-state index contributed by atoms with van der Waals surface area (Å²) in [5.41, 5.74) is 9.94. The van der Waals surface area contributed by atoms with Gasteiger partial charge in [-0.15, -0.1) is 0 Å². The van der Waals surface area contributed by atoms with Crippen LogP contribution in [-0.2, 0) is 16.8 Å². The maximum atomic E-state index is 14.9. The third-order valence-corrected chi connectivity index (χ3v) is 7.55. The quantitative estimate of drug-likeness (QED) is 0.339. The molecule has 40 heavy (non-hydrogen) atoms. The molecule has 1 atom stereocenters. The molecule has 1 spiro atoms. The summed E-state index contributed by atoms with van der Waals surface area (Å²) in [6.45, 7) is 0.334. The van der Waals surface area contributed by atoms with Crippen molar-refractivity contribution in [2.45, 2.75) is 12.0 Å². The monoisotopic (exact) mass is 521 g/mol. The minimum Gasteiger partial charge on any atom is -0.422 e. The van der Waals surface area contributed by atoms with Gasteiger partial charge in [-0.25, -0.2) is 0 Å². The second-order valence-corrected chi connectivity index (χ2v) is 9.74. The van der Waals surface area contributed by atoms with Crippen molar-refractivity contribution in [3.8, 4) is 28.9 Å². The molecule has 0 bridgehead atoms. The van der Waals surface area contributed by atoms with E-state index in [0.717, 1.165) is 22.5 Å². The van der Waals surface area contributed by atoms with Crippen LogP contribution < -0.4 is 15.4 Å². The van der Waals surface area contributed by atoms with Crippen LogP contribution >= 0.6 is 0 Å². The minimum absolute atomic E-state index is 0.0535. The number of nitriles is 1. The number of hydrogen-bond donors (Lipinski definition) is 1. The van der Waals surface area contributed by atoms with Crippen LogP contribution in [-0.4, -0.2) is 15.7 Å². The van der Waals surface area contributed by atoms with Gasteiger partial charge < -0.3 is 15.4 Å². The summed E-state index contributed by atoms with van der Waals surface area (Å²) < 4.78 is 7.85. The van der Waals surface area contributed by atoms with E-state index in [4.69, 9.17) is 15.6 Å². The standard InChI is InChI=1S/C33H23N5O2/c34-20-26-30(35)40-31-28(29(23-14-6-2-7-15-23)36-38(31)24-16-8-3-9-17-24)33(26)25-18-10-11-19-27(25)37(32(33)39)21-22-12-4-1-5-13-22/h1-19H,21,35H2/t33-/m0/s1. The van der Waals surface area contributed by atoms with Crippen LogP contribution in [0.1, 0.15) is 16.7 Å². The number of anilines is 1. The lowest BCUT2D eigenvalue weighted by molar-refractivity contribution is -0.121. The first-order valence-corrected chi connectivity index (χ1v) is 12.9. The maximum Gasteiger partial charge on any atom is 0.248 e. The van der Waals surface area contributed by atoms with Crippen molar-refractivity contribution in [3.05, 3.63) is 143 Å². The average molecular weight is 522 g/mol. The zero-order valence-electron chi connectivity index (χ0n) is 21.4. The number of hydrogen-bond acceptors (Lipinski definition) is 5. The largest absolute Gasteiger partial charge is 0.422 e. The maximum absolute atomic E-state index is 14.9. The molecule has 1 aromatic heterocycles. The lowest BCUT2D eigenvalue weighted by Crippen LogP contribution is -2.46. The molecule has 2 aliphatic rings. The summed E-state index contributed by atoms with van der Waals surface area (Å²) in [4.78, 5) is 16.7. The Labute approximate surface area is 231 Å². The molecule has 4 aromatic carbocycles. The van der Waals surface area contributed by atoms with Crippen LogP contribution in [0.4, 0.5) is 5.69 Å². The molecule has 2 N–H and O–H groups in total. The van der Waals surface area contributed by atoms with Crippen molar-refractivity contribution in [1.82, 2.24) is 9.78 Å². The molecule has 7 rings (SSSR count). The first-order valence-electron chi connectivity index (χ1n) is 12.9. The van der Waals surface area contributed by atoms with Crippen molar-refractivity contribution in [1.29, 1.82) is 5.26 Å². The predicted octanol–water partition coefficient (Wildman–Crippen LogP) is 5.46. The lowest BCUT2D eigenvalue weighted by atomic mass is 9.68. The first kappa shape index (κ1) is 23.5. The fourth-order valence-corrected chi connectivity index (χ4v) is 5.84. The Bertz CT molecular complexity index is 1840. The highest BCUT2D eigenvalue weighted by Gasteiger charge is 2.61. The van der Waals surface area contributed by atoms with E-state index >= 15 is 0 Å². The molecule has 3 heterocycles. The van der Waals surface area contributed by atoms with Gasteiger partial charge in [-0.2, -0.15) is 15.0 Å². The fourth-order valence-electron chi connectivity index (χ4n) is 5.84. The number of nitrogens with zero attached hydrogens (tertiary/aromatic N) is 4. The number of carbonyl (C=O) groups is 1. The number of fused-ring (bicyclic) bond motifs is 4. The van der Waals surface area contributed by atoms with E-state index in [1.54, 1.807) is 9.58 Å². The SMILES string of the molecule is N#CC1=C(N)Oc2c(c(-c3ccccc3)nn2-c2ccccc2)[C@@]12C(=O)N(Cc1ccccc1)c1ccccc12. The van der Waals surface area contributed by atoms with Crippen LogP contribution in [0, 0.1) is 11.3 Å². The molecule has 0 unspecified atom stereocenters. The van der Waals surface area contributed by atoms with Crippen molar-refractivity contribution < 1.29 is 9.53 Å². The molecule has 0 aliphatic carbocycles. The number of para-hydroxylation sites is 2. The van der Waals surface area contributed by atoms with Gasteiger partial charge in [0, 0.05) is 16.8 Å². The number of rotatable bonds is 4. The van der Waals surface area contributed by atoms with E-state index in [0.29, 0.717) is 29.2 Å². The molecule has 192 valence electrons. The topological polar surface area (TPSA) is 97.2 Å². The van der Waals surface area contributed by atoms with E-state index in [2.05, 4.69) is 6.07 Å². The summed E-state index contributed by atoms with van der Waals surface area (Å²) in [6, 6.07) is 38.8. The second-order valence-electron chi connectivity index (χ2n) is 9.74. The Morgan fingerprint density at radius 3 is 2.17 bits per heavy atom. The summed E-state index contributed by atoms with van der Waals surface area (Å²) in [6.07, 6.45) is 0. The Morgan fingerprint density at radius 1 is 0.850 bits per heavy atom. The van der Waals surface area contributed by atoms with Crippen molar-refractivity contribution in [2.24, 2.45) is 5.73 Å². The molecule has 0 saturated heterocycles. The zero-order valence-corrected chi connectivity index (χ0v) is 21.4. The number of ether oxygens (including phenoxy) is 1. The molecular formula is C33H23N5O2. The molecule has 0 fully saturated rings. The van der Waals surface area contributed by atoms with Gasteiger partial charge in [-0.1, -0.05) is 97.1 Å². The van der Waals surface area contributed by atoms with Gasteiger partial charge >= 0.3 is 0 Å². The van der Waals surface area contributed by atoms with Crippen molar-refractivity contribution >= 4 is 11.6 Å². The van der Waals surface area contributed by atoms with E-state index in [-0.39, 0.29) is 17.4 Å². The Morgan fingerprint density at radius 2 is 1.48 bits per heavy atom. The van der Waals surface area contributed by atoms with Crippen LogP contribution in [0.15, 0.2) is 127 Å². The zero-order chi connectivity index (χ0) is 27.3. The third-order valence-electron chi connectivity index (χ3n) is 7.55. The Hall–Kier alpha value is -5.61. The van der Waals surface area contributed by atoms with Gasteiger partial charge in [-0.05, 0) is 23.8 Å². The Balaban J connectivity index is 1.57. The van der Waals surface area contributed by atoms with Crippen LogP contribution in [0.25, 0.3) is 16.9 Å². The number of aromatic nitrogens is 2. The van der Waals surface area contributed by atoms with Gasteiger partial charge in [0.15, 0.2) is 0 Å². The molecule has 2 aliphatic heterocycles. The van der Waals surface area contributed by atoms with Gasteiger partial charge in [-0.3, -0.25) is 4.79 Å². The van der Waals surface area contributed by atoms with E-state index in [1.165, 1.54) is 0 Å². The summed E-state index contributed by atoms with van der Waals surface area (Å²) in [5.74, 6) is -0.0749. The molecule has 0 radical (unpaired) electrons.